The molecule has 1 aliphatic heterocycles. The number of rotatable bonds is 4. The van der Waals surface area contributed by atoms with E-state index in [1.807, 2.05) is 24.3 Å². The van der Waals surface area contributed by atoms with Crippen LogP contribution in [0.3, 0.4) is 0 Å². The van der Waals surface area contributed by atoms with Gasteiger partial charge in [-0.15, -0.1) is 0 Å². The number of aromatic amines is 1. The van der Waals surface area contributed by atoms with Gasteiger partial charge in [-0.1, -0.05) is 18.2 Å². The highest BCUT2D eigenvalue weighted by Gasteiger charge is 2.35. The Morgan fingerprint density at radius 1 is 1.27 bits per heavy atom. The van der Waals surface area contributed by atoms with Crippen molar-refractivity contribution in [3.63, 3.8) is 0 Å². The number of furan rings is 1. The fourth-order valence-electron chi connectivity index (χ4n) is 3.42. The molecule has 134 valence electrons. The average molecular weight is 355 g/mol. The molecular formula is C19H18N2O5. The zero-order valence-corrected chi connectivity index (χ0v) is 14.1. The quantitative estimate of drug-likeness (QED) is 0.491. The van der Waals surface area contributed by atoms with Gasteiger partial charge < -0.3 is 19.2 Å². The topological polar surface area (TPSA) is 105 Å². The summed E-state index contributed by atoms with van der Waals surface area (Å²) in [5.41, 5.74) is 2.84. The fraction of sp³-hybridized carbons (Fsp3) is 0.263. The molecule has 0 amide bonds. The van der Waals surface area contributed by atoms with Gasteiger partial charge in [0.2, 0.25) is 0 Å². The highest BCUT2D eigenvalue weighted by molar-refractivity contribution is 5.87. The van der Waals surface area contributed by atoms with Crippen molar-refractivity contribution in [2.45, 2.75) is 32.0 Å². The van der Waals surface area contributed by atoms with Crippen LogP contribution in [0.4, 0.5) is 0 Å². The maximum atomic E-state index is 11.6. The van der Waals surface area contributed by atoms with Crippen LogP contribution in [0, 0.1) is 0 Å². The number of carboxylic acids is 1. The first kappa shape index (κ1) is 16.4. The first-order valence-corrected chi connectivity index (χ1v) is 8.33. The van der Waals surface area contributed by atoms with Crippen LogP contribution in [0.15, 0.2) is 40.8 Å². The number of H-pyrrole nitrogens is 1. The van der Waals surface area contributed by atoms with Gasteiger partial charge >= 0.3 is 11.9 Å². The van der Waals surface area contributed by atoms with Crippen molar-refractivity contribution < 1.29 is 23.8 Å². The number of carbonyl (C=O) groups excluding carboxylic acids is 1. The van der Waals surface area contributed by atoms with E-state index in [2.05, 4.69) is 10.3 Å². The molecule has 7 heteroatoms. The molecule has 2 atom stereocenters. The fourth-order valence-corrected chi connectivity index (χ4v) is 3.42. The standard InChI is InChI=1S/C19H18N2O5/c1-10(22)25-9-11-6-7-16(26-11)18-17-13(8-15(21-18)19(23)24)12-4-2-3-5-14(12)20-17/h2-7,15,18,20-21H,8-9H2,1H3,(H,23,24)/i21+1. The normalized spacial score (nSPS) is 19.3. The van der Waals surface area contributed by atoms with Gasteiger partial charge in [-0.25, -0.2) is 0 Å². The molecule has 0 saturated heterocycles. The maximum Gasteiger partial charge on any atom is 0.321 e. The van der Waals surface area contributed by atoms with Crippen LogP contribution < -0.4 is 5.32 Å². The Balaban J connectivity index is 1.74. The lowest BCUT2D eigenvalue weighted by atomic mass is 9.95. The first-order chi connectivity index (χ1) is 12.5. The Labute approximate surface area is 149 Å². The molecule has 0 aliphatic carbocycles. The number of aromatic nitrogens is 1. The van der Waals surface area contributed by atoms with E-state index < -0.39 is 18.1 Å². The average Bonchev–Trinajstić information content (AvgIpc) is 3.23. The Morgan fingerprint density at radius 3 is 2.85 bits per heavy atom. The number of nitrogens with one attached hydrogen (secondary N) is 2. The van der Waals surface area contributed by atoms with Gasteiger partial charge in [0.15, 0.2) is 0 Å². The number of hydrogen-bond acceptors (Lipinski definition) is 5. The van der Waals surface area contributed by atoms with E-state index in [9.17, 15) is 14.7 Å². The van der Waals surface area contributed by atoms with Gasteiger partial charge in [-0.2, -0.15) is 0 Å². The summed E-state index contributed by atoms with van der Waals surface area (Å²) in [4.78, 5) is 26.0. The predicted molar refractivity (Wildman–Crippen MR) is 92.6 cm³/mol. The monoisotopic (exact) mass is 355 g/mol. The van der Waals surface area contributed by atoms with Crippen LogP contribution in [0.1, 0.15) is 35.7 Å². The number of fused-ring (bicyclic) bond motifs is 3. The summed E-state index contributed by atoms with van der Waals surface area (Å²) in [7, 11) is 0. The van der Waals surface area contributed by atoms with E-state index in [1.165, 1.54) is 6.92 Å². The lowest BCUT2D eigenvalue weighted by Gasteiger charge is -2.27. The van der Waals surface area contributed by atoms with E-state index in [-0.39, 0.29) is 12.6 Å². The molecule has 0 fully saturated rings. The predicted octanol–water partition coefficient (Wildman–Crippen LogP) is 2.51. The molecule has 0 radical (unpaired) electrons. The summed E-state index contributed by atoms with van der Waals surface area (Å²) in [6.45, 7) is 1.38. The second-order valence-electron chi connectivity index (χ2n) is 6.34. The van der Waals surface area contributed by atoms with Gasteiger partial charge in [0.25, 0.3) is 0 Å². The third-order valence-electron chi connectivity index (χ3n) is 4.59. The molecular weight excluding hydrogens is 337 g/mol. The second kappa shape index (κ2) is 6.34. The molecule has 4 rings (SSSR count). The van der Waals surface area contributed by atoms with Gasteiger partial charge in [-0.3, -0.25) is 14.9 Å². The summed E-state index contributed by atoms with van der Waals surface area (Å²) in [5.74, 6) is -0.210. The Hall–Kier alpha value is -3.06. The van der Waals surface area contributed by atoms with E-state index in [1.54, 1.807) is 12.1 Å². The SMILES string of the molecule is CC(=O)OCc1ccc(C2[15NH]C(C(=O)O)Cc3c2[nH]c2ccccc32)o1. The molecule has 3 N–H and O–H groups in total. The van der Waals surface area contributed by atoms with Crippen LogP contribution in [-0.4, -0.2) is 28.1 Å². The number of esters is 1. The number of carboxylic acid groups (broad SMARTS) is 1. The molecule has 0 bridgehead atoms. The van der Waals surface area contributed by atoms with Crippen LogP contribution in [0.25, 0.3) is 10.9 Å². The second-order valence-corrected chi connectivity index (χ2v) is 6.34. The van der Waals surface area contributed by atoms with Gasteiger partial charge in [0.1, 0.15) is 30.2 Å². The third kappa shape index (κ3) is 2.86. The Bertz CT molecular complexity index is 987. The number of hydrogen-bond donors (Lipinski definition) is 3. The highest BCUT2D eigenvalue weighted by atomic mass is 16.5. The van der Waals surface area contributed by atoms with Crippen molar-refractivity contribution in [1.82, 2.24) is 10.3 Å². The molecule has 0 saturated carbocycles. The maximum absolute atomic E-state index is 11.6. The van der Waals surface area contributed by atoms with E-state index in [4.69, 9.17) is 9.15 Å². The van der Waals surface area contributed by atoms with Crippen molar-refractivity contribution >= 4 is 22.8 Å². The molecule has 3 aromatic rings. The molecule has 2 aromatic heterocycles. The van der Waals surface area contributed by atoms with Crippen LogP contribution in [0.2, 0.25) is 0 Å². The van der Waals surface area contributed by atoms with Crippen molar-refractivity contribution in [2.75, 3.05) is 0 Å². The smallest absolute Gasteiger partial charge is 0.321 e. The first-order valence-electron chi connectivity index (χ1n) is 8.33. The number of benzene rings is 1. The van der Waals surface area contributed by atoms with E-state index in [0.29, 0.717) is 17.9 Å². The number of para-hydroxylation sites is 1. The Kier molecular flexibility index (Phi) is 4.00. The van der Waals surface area contributed by atoms with Gasteiger partial charge in [-0.05, 0) is 23.8 Å². The lowest BCUT2D eigenvalue weighted by Crippen LogP contribution is -2.44. The van der Waals surface area contributed by atoms with Crippen LogP contribution in [0.5, 0.6) is 0 Å². The molecule has 0 spiro atoms. The minimum atomic E-state index is -0.905. The molecule has 1 aliphatic rings. The number of ether oxygens (including phenoxy) is 1. The van der Waals surface area contributed by atoms with Crippen molar-refractivity contribution in [2.24, 2.45) is 0 Å². The van der Waals surface area contributed by atoms with Crippen molar-refractivity contribution in [3.05, 3.63) is 59.2 Å². The summed E-state index contributed by atoms with van der Waals surface area (Å²) in [6, 6.07) is 10.2. The Morgan fingerprint density at radius 2 is 2.08 bits per heavy atom. The zero-order chi connectivity index (χ0) is 18.3. The summed E-state index contributed by atoms with van der Waals surface area (Å²) in [6.07, 6.45) is 0.395. The van der Waals surface area contributed by atoms with Gasteiger partial charge in [0.05, 0.1) is 0 Å². The molecule has 2 unspecified atom stereocenters. The minimum Gasteiger partial charge on any atom is -0.480 e. The number of carbonyl (C=O) groups is 2. The van der Waals surface area contributed by atoms with Crippen molar-refractivity contribution in [3.8, 4) is 0 Å². The van der Waals surface area contributed by atoms with E-state index >= 15 is 0 Å². The summed E-state index contributed by atoms with van der Waals surface area (Å²) in [5, 5.41) is 13.7. The summed E-state index contributed by atoms with van der Waals surface area (Å²) >= 11 is 0. The van der Waals surface area contributed by atoms with Crippen LogP contribution >= 0.6 is 0 Å². The van der Waals surface area contributed by atoms with Crippen LogP contribution in [-0.2, 0) is 27.4 Å². The summed E-state index contributed by atoms with van der Waals surface area (Å²) < 4.78 is 10.8. The minimum absolute atomic E-state index is 0.0456. The molecule has 3 heterocycles. The van der Waals surface area contributed by atoms with E-state index in [0.717, 1.165) is 22.2 Å². The van der Waals surface area contributed by atoms with Gasteiger partial charge in [0, 0.05) is 29.9 Å². The third-order valence-corrected chi connectivity index (χ3v) is 4.59. The molecule has 1 aromatic carbocycles. The van der Waals surface area contributed by atoms with Crippen molar-refractivity contribution in [1.29, 1.82) is 0 Å². The number of aliphatic carboxylic acids is 1. The lowest BCUT2D eigenvalue weighted by molar-refractivity contribution is -0.143. The molecule has 7 nitrogen and oxygen atoms in total. The highest BCUT2D eigenvalue weighted by Crippen LogP contribution is 2.35. The zero-order valence-electron chi connectivity index (χ0n) is 14.1. The largest absolute Gasteiger partial charge is 0.480 e. The molecule has 26 heavy (non-hydrogen) atoms.